The van der Waals surface area contributed by atoms with Crippen molar-refractivity contribution in [1.82, 2.24) is 4.90 Å². The molecule has 1 aromatic carbocycles. The number of benzene rings is 1. The minimum Gasteiger partial charge on any atom is -0.445 e. The first kappa shape index (κ1) is 19.5. The Morgan fingerprint density at radius 2 is 2.04 bits per heavy atom. The molecule has 138 valence electrons. The number of methoxy groups -OCH3 is 1. The van der Waals surface area contributed by atoms with Gasteiger partial charge in [-0.15, -0.1) is 6.58 Å². The average molecular weight is 347 g/mol. The summed E-state index contributed by atoms with van der Waals surface area (Å²) in [6.45, 7) is 4.78. The molecule has 5 nitrogen and oxygen atoms in total. The lowest BCUT2D eigenvalue weighted by molar-refractivity contribution is -0.0488. The normalized spacial score (nSPS) is 19.8. The van der Waals surface area contributed by atoms with Gasteiger partial charge in [0.05, 0.1) is 12.6 Å². The van der Waals surface area contributed by atoms with Crippen LogP contribution in [-0.2, 0) is 20.8 Å². The van der Waals surface area contributed by atoms with Gasteiger partial charge in [0, 0.05) is 13.2 Å². The molecule has 0 radical (unpaired) electrons. The van der Waals surface area contributed by atoms with Gasteiger partial charge in [-0.05, 0) is 37.7 Å². The molecule has 1 fully saturated rings. The van der Waals surface area contributed by atoms with Gasteiger partial charge in [0.25, 0.3) is 0 Å². The molecule has 0 aromatic heterocycles. The number of hydrogen-bond donors (Lipinski definition) is 0. The minimum absolute atomic E-state index is 0.0483. The second-order valence-electron chi connectivity index (χ2n) is 6.33. The third kappa shape index (κ3) is 6.18. The highest BCUT2D eigenvalue weighted by Gasteiger charge is 2.37. The number of rotatable bonds is 10. The largest absolute Gasteiger partial charge is 0.445 e. The molecular formula is C20H29NO4. The Bertz CT molecular complexity index is 520. The van der Waals surface area contributed by atoms with E-state index < -0.39 is 0 Å². The molecule has 0 saturated carbocycles. The third-order valence-electron chi connectivity index (χ3n) is 4.49. The van der Waals surface area contributed by atoms with E-state index in [9.17, 15) is 4.79 Å². The van der Waals surface area contributed by atoms with Crippen LogP contribution in [-0.4, -0.2) is 43.6 Å². The fourth-order valence-electron chi connectivity index (χ4n) is 3.27. The summed E-state index contributed by atoms with van der Waals surface area (Å²) in [4.78, 5) is 14.6. The van der Waals surface area contributed by atoms with E-state index >= 15 is 0 Å². The van der Waals surface area contributed by atoms with E-state index in [1.54, 1.807) is 7.11 Å². The molecule has 2 atom stereocenters. The van der Waals surface area contributed by atoms with Gasteiger partial charge in [0.15, 0.2) is 0 Å². The smallest absolute Gasteiger partial charge is 0.410 e. The first-order chi connectivity index (χ1) is 12.3. The second-order valence-corrected chi connectivity index (χ2v) is 6.33. The van der Waals surface area contributed by atoms with E-state index in [0.29, 0.717) is 13.2 Å². The van der Waals surface area contributed by atoms with Crippen molar-refractivity contribution in [2.75, 3.05) is 20.5 Å². The van der Waals surface area contributed by atoms with E-state index in [-0.39, 0.29) is 25.0 Å². The van der Waals surface area contributed by atoms with Crippen LogP contribution in [0.1, 0.15) is 37.7 Å². The maximum absolute atomic E-state index is 12.7. The zero-order chi connectivity index (χ0) is 17.9. The highest BCUT2D eigenvalue weighted by atomic mass is 16.7. The summed E-state index contributed by atoms with van der Waals surface area (Å²) in [7, 11) is 1.60. The van der Waals surface area contributed by atoms with Crippen LogP contribution in [0.5, 0.6) is 0 Å². The zero-order valence-electron chi connectivity index (χ0n) is 15.1. The quantitative estimate of drug-likeness (QED) is 0.363. The van der Waals surface area contributed by atoms with Crippen molar-refractivity contribution < 1.29 is 19.0 Å². The van der Waals surface area contributed by atoms with E-state index in [0.717, 1.165) is 37.7 Å². The van der Waals surface area contributed by atoms with Crippen molar-refractivity contribution in [2.24, 2.45) is 0 Å². The molecule has 0 spiro atoms. The molecule has 1 aliphatic heterocycles. The molecule has 1 heterocycles. The first-order valence-corrected chi connectivity index (χ1v) is 8.92. The number of ether oxygens (including phenoxy) is 3. The Morgan fingerprint density at radius 1 is 1.28 bits per heavy atom. The van der Waals surface area contributed by atoms with Gasteiger partial charge in [0.2, 0.25) is 0 Å². The topological polar surface area (TPSA) is 48.0 Å². The van der Waals surface area contributed by atoms with Crippen LogP contribution in [0.15, 0.2) is 43.0 Å². The number of likely N-dealkylation sites (tertiary alicyclic amines) is 1. The molecule has 0 N–H and O–H groups in total. The van der Waals surface area contributed by atoms with Crippen molar-refractivity contribution in [3.05, 3.63) is 48.6 Å². The lowest BCUT2D eigenvalue weighted by Gasteiger charge is -2.29. The van der Waals surface area contributed by atoms with Crippen molar-refractivity contribution in [3.8, 4) is 0 Å². The fraction of sp³-hybridized carbons (Fsp3) is 0.550. The number of nitrogens with zero attached hydrogens (tertiary/aromatic N) is 1. The van der Waals surface area contributed by atoms with Gasteiger partial charge in [-0.3, -0.25) is 4.90 Å². The number of allylic oxidation sites excluding steroid dienone is 1. The van der Waals surface area contributed by atoms with E-state index in [1.807, 2.05) is 41.3 Å². The molecule has 25 heavy (non-hydrogen) atoms. The van der Waals surface area contributed by atoms with Gasteiger partial charge >= 0.3 is 6.09 Å². The predicted molar refractivity (Wildman–Crippen MR) is 97.2 cm³/mol. The van der Waals surface area contributed by atoms with E-state index in [1.165, 1.54) is 0 Å². The van der Waals surface area contributed by atoms with E-state index in [4.69, 9.17) is 14.2 Å². The van der Waals surface area contributed by atoms with Crippen LogP contribution in [0.25, 0.3) is 0 Å². The highest BCUT2D eigenvalue weighted by Crippen LogP contribution is 2.29. The third-order valence-corrected chi connectivity index (χ3v) is 4.49. The summed E-state index contributed by atoms with van der Waals surface area (Å²) in [5.41, 5.74) is 0.991. The molecule has 0 unspecified atom stereocenters. The van der Waals surface area contributed by atoms with Crippen LogP contribution >= 0.6 is 0 Å². The number of carbonyl (C=O) groups excluding carboxylic acids is 1. The monoisotopic (exact) mass is 347 g/mol. The highest BCUT2D eigenvalue weighted by molar-refractivity contribution is 5.69. The van der Waals surface area contributed by atoms with Crippen LogP contribution in [0.3, 0.4) is 0 Å². The summed E-state index contributed by atoms with van der Waals surface area (Å²) in [6, 6.07) is 10.0. The number of amides is 1. The van der Waals surface area contributed by atoms with Crippen molar-refractivity contribution >= 4 is 6.09 Å². The molecule has 5 heteroatoms. The molecule has 1 amide bonds. The first-order valence-electron chi connectivity index (χ1n) is 8.92. The van der Waals surface area contributed by atoms with Gasteiger partial charge < -0.3 is 14.2 Å². The van der Waals surface area contributed by atoms with Gasteiger partial charge in [-0.1, -0.05) is 36.4 Å². The summed E-state index contributed by atoms with van der Waals surface area (Å²) in [6.07, 6.45) is 6.55. The molecule has 2 rings (SSSR count). The fourth-order valence-corrected chi connectivity index (χ4v) is 3.27. The van der Waals surface area contributed by atoms with Crippen LogP contribution < -0.4 is 0 Å². The van der Waals surface area contributed by atoms with Crippen LogP contribution in [0.4, 0.5) is 4.79 Å². The molecular weight excluding hydrogens is 318 g/mol. The van der Waals surface area contributed by atoms with E-state index in [2.05, 4.69) is 6.58 Å². The maximum Gasteiger partial charge on any atom is 0.410 e. The van der Waals surface area contributed by atoms with Gasteiger partial charge in [0.1, 0.15) is 13.4 Å². The molecule has 0 bridgehead atoms. The lowest BCUT2D eigenvalue weighted by Crippen LogP contribution is -2.43. The Kier molecular flexibility index (Phi) is 8.49. The summed E-state index contributed by atoms with van der Waals surface area (Å²) >= 11 is 0. The maximum atomic E-state index is 12.7. The summed E-state index contributed by atoms with van der Waals surface area (Å²) in [5.74, 6) is 0. The Balaban J connectivity index is 1.94. The van der Waals surface area contributed by atoms with Crippen molar-refractivity contribution in [1.29, 1.82) is 0 Å². The van der Waals surface area contributed by atoms with Crippen molar-refractivity contribution in [3.63, 3.8) is 0 Å². The summed E-state index contributed by atoms with van der Waals surface area (Å²) in [5, 5.41) is 0. The standard InChI is InChI=1S/C20H29NO4/c1-3-4-6-11-18-12-13-19(15-24-16-23-2)21(18)20(22)25-14-17-9-7-5-8-10-17/h3,5,7-10,18-19H,1,4,6,11-16H2,2H3/t18-,19-/m0/s1. The Hall–Kier alpha value is -1.85. The molecule has 1 aliphatic rings. The SMILES string of the molecule is C=CCCC[C@H]1CC[C@@H](COCOC)N1C(=O)OCc1ccccc1. The lowest BCUT2D eigenvalue weighted by atomic mass is 10.1. The van der Waals surface area contributed by atoms with Gasteiger partial charge in [-0.25, -0.2) is 4.79 Å². The number of hydrogen-bond acceptors (Lipinski definition) is 4. The molecule has 0 aliphatic carbocycles. The molecule has 1 saturated heterocycles. The predicted octanol–water partition coefficient (Wildman–Crippen LogP) is 4.13. The Morgan fingerprint density at radius 3 is 2.76 bits per heavy atom. The minimum atomic E-state index is -0.254. The van der Waals surface area contributed by atoms with Crippen LogP contribution in [0.2, 0.25) is 0 Å². The Labute approximate surface area is 150 Å². The average Bonchev–Trinajstić information content (AvgIpc) is 3.04. The van der Waals surface area contributed by atoms with Gasteiger partial charge in [-0.2, -0.15) is 0 Å². The number of carbonyl (C=O) groups is 1. The van der Waals surface area contributed by atoms with Crippen molar-refractivity contribution in [2.45, 2.75) is 50.8 Å². The zero-order valence-corrected chi connectivity index (χ0v) is 15.1. The molecule has 1 aromatic rings. The number of unbranched alkanes of at least 4 members (excludes halogenated alkanes) is 1. The summed E-state index contributed by atoms with van der Waals surface area (Å²) < 4.78 is 16.0. The van der Waals surface area contributed by atoms with Crippen LogP contribution in [0, 0.1) is 0 Å². The second kappa shape index (κ2) is 10.9.